The van der Waals surface area contributed by atoms with Gasteiger partial charge in [0.15, 0.2) is 0 Å². The van der Waals surface area contributed by atoms with E-state index in [9.17, 15) is 5.11 Å². The molecule has 1 N–H and O–H groups in total. The van der Waals surface area contributed by atoms with E-state index in [4.69, 9.17) is 20.8 Å². The minimum absolute atomic E-state index is 1.00. The first-order chi connectivity index (χ1) is 4.87. The van der Waals surface area contributed by atoms with Crippen LogP contribution in [0.25, 0.3) is 0 Å². The van der Waals surface area contributed by atoms with Crippen molar-refractivity contribution in [2.45, 2.75) is 18.9 Å². The second kappa shape index (κ2) is 3.55. The van der Waals surface area contributed by atoms with Gasteiger partial charge in [-0.15, -0.1) is 6.42 Å². The summed E-state index contributed by atoms with van der Waals surface area (Å²) in [4.78, 5) is 0. The van der Waals surface area contributed by atoms with E-state index in [-0.39, 0.29) is 0 Å². The summed E-state index contributed by atoms with van der Waals surface area (Å²) in [5, 5.41) is 9.37. The molecule has 9 heavy (non-hydrogen) atoms. The fourth-order valence-electron chi connectivity index (χ4n) is 0.295. The lowest BCUT2D eigenvalue weighted by Gasteiger charge is -2.12. The van der Waals surface area contributed by atoms with Crippen LogP contribution in [0.15, 0.2) is 11.6 Å². The first-order valence-electron chi connectivity index (χ1n) is 3.35. The Morgan fingerprint density at radius 1 is 2.11 bits per heavy atom. The molecule has 1 nitrogen and oxygen atoms in total. The van der Waals surface area contributed by atoms with Crippen molar-refractivity contribution in [3.63, 3.8) is 0 Å². The number of hydrogen-bond acceptors (Lipinski definition) is 1. The number of rotatable bonds is 2. The quantitative estimate of drug-likeness (QED) is 0.465. The van der Waals surface area contributed by atoms with E-state index < -0.39 is 12.0 Å². The average Bonchev–Trinajstić information content (AvgIpc) is 1.86. The molecule has 0 aliphatic carbocycles. The van der Waals surface area contributed by atoms with Crippen LogP contribution in [-0.4, -0.2) is 10.7 Å². The summed E-state index contributed by atoms with van der Waals surface area (Å²) in [5.74, 6) is 1.93. The highest BCUT2D eigenvalue weighted by Gasteiger charge is 2.15. The molecule has 0 amide bonds. The van der Waals surface area contributed by atoms with Crippen LogP contribution in [0.4, 0.5) is 0 Å². The van der Waals surface area contributed by atoms with Gasteiger partial charge in [0.1, 0.15) is 5.60 Å². The van der Waals surface area contributed by atoms with E-state index in [2.05, 4.69) is 0 Å². The van der Waals surface area contributed by atoms with Crippen molar-refractivity contribution in [1.82, 2.24) is 0 Å². The van der Waals surface area contributed by atoms with E-state index in [1.165, 1.54) is 6.92 Å². The molecule has 0 rings (SSSR count). The van der Waals surface area contributed by atoms with Crippen molar-refractivity contribution in [3.05, 3.63) is 11.6 Å². The number of aliphatic hydroxyl groups is 1. The molecule has 0 aromatic rings. The van der Waals surface area contributed by atoms with E-state index in [1.807, 2.05) is 5.92 Å². The largest absolute Gasteiger partial charge is 0.374 e. The van der Waals surface area contributed by atoms with Crippen LogP contribution in [0.3, 0.4) is 0 Å². The second-order valence-corrected chi connectivity index (χ2v) is 1.71. The molecule has 0 heterocycles. The minimum Gasteiger partial charge on any atom is -0.374 e. The molecule has 0 radical (unpaired) electrons. The first kappa shape index (κ1) is 5.34. The summed E-state index contributed by atoms with van der Waals surface area (Å²) >= 11 is 5.17. The smallest absolute Gasteiger partial charge is 0.144 e. The Morgan fingerprint density at radius 3 is 2.78 bits per heavy atom. The number of hydrogen-bond donors (Lipinski definition) is 1. The van der Waals surface area contributed by atoms with Crippen molar-refractivity contribution < 1.29 is 7.85 Å². The van der Waals surface area contributed by atoms with Gasteiger partial charge in [-0.3, -0.25) is 0 Å². The molecule has 0 fully saturated rings. The van der Waals surface area contributed by atoms with Crippen LogP contribution in [0.5, 0.6) is 0 Å². The van der Waals surface area contributed by atoms with E-state index in [0.717, 1.165) is 11.6 Å². The Bertz CT molecular complexity index is 201. The van der Waals surface area contributed by atoms with Crippen molar-refractivity contribution >= 4 is 11.6 Å². The molecule has 0 aliphatic heterocycles. The van der Waals surface area contributed by atoms with E-state index in [0.29, 0.717) is 0 Å². The molecular weight excluding hydrogens is 138 g/mol. The zero-order valence-corrected chi connectivity index (χ0v) is 5.81. The molecule has 0 saturated carbocycles. The Kier molecular flexibility index (Phi) is 2.11. The van der Waals surface area contributed by atoms with Crippen LogP contribution in [0, 0.1) is 12.3 Å². The third-order valence-electron chi connectivity index (χ3n) is 0.905. The molecule has 1 unspecified atom stereocenters. The number of terminal acetylenes is 1. The van der Waals surface area contributed by atoms with Gasteiger partial charge in [-0.25, -0.2) is 0 Å². The van der Waals surface area contributed by atoms with Gasteiger partial charge >= 0.3 is 0 Å². The van der Waals surface area contributed by atoms with Gasteiger partial charge in [-0.05, 0) is 12.4 Å². The molecule has 0 saturated heterocycles. The summed E-state index contributed by atoms with van der Waals surface area (Å²) in [5.41, 5.74) is -0.921. The second-order valence-electron chi connectivity index (χ2n) is 1.45. The Morgan fingerprint density at radius 2 is 2.67 bits per heavy atom. The predicted molar refractivity (Wildman–Crippen MR) is 39.1 cm³/mol. The fourth-order valence-corrected chi connectivity index (χ4v) is 0.477. The molecule has 0 aliphatic rings. The van der Waals surface area contributed by atoms with Gasteiger partial charge in [0.05, 0.1) is 0 Å². The molecule has 2 heteroatoms. The van der Waals surface area contributed by atoms with Crippen molar-refractivity contribution in [3.8, 4) is 12.3 Å². The first-order valence-corrected chi connectivity index (χ1v) is 2.79. The zero-order valence-electron chi connectivity index (χ0n) is 7.06. The lowest BCUT2D eigenvalue weighted by Crippen LogP contribution is -2.20. The summed E-state index contributed by atoms with van der Waals surface area (Å²) < 4.78 is 14.3. The Balaban J connectivity index is 4.79. The molecule has 1 atom stereocenters. The maximum absolute atomic E-state index is 9.37. The fraction of sp³-hybridized carbons (Fsp3) is 0.429. The normalized spacial score (nSPS) is 22.0. The summed E-state index contributed by atoms with van der Waals surface area (Å²) in [6, 6.07) is 0. The Hall–Kier alpha value is -0.450. The van der Waals surface area contributed by atoms with Crippen LogP contribution in [0.2, 0.25) is 0 Å². The maximum atomic E-state index is 9.37. The van der Waals surface area contributed by atoms with Crippen molar-refractivity contribution in [2.24, 2.45) is 0 Å². The van der Waals surface area contributed by atoms with E-state index >= 15 is 0 Å². The minimum atomic E-state index is -1.92. The predicted octanol–water partition coefficient (Wildman–Crippen LogP) is 1.51. The highest BCUT2D eigenvalue weighted by Crippen LogP contribution is 2.09. The van der Waals surface area contributed by atoms with Crippen LogP contribution in [-0.2, 0) is 0 Å². The highest BCUT2D eigenvalue weighted by atomic mass is 35.5. The third kappa shape index (κ3) is 2.55. The third-order valence-corrected chi connectivity index (χ3v) is 1.03. The van der Waals surface area contributed by atoms with Gasteiger partial charge in [0.2, 0.25) is 0 Å². The maximum Gasteiger partial charge on any atom is 0.144 e. The number of halogens is 1. The zero-order chi connectivity index (χ0) is 9.12. The van der Waals surface area contributed by atoms with Crippen LogP contribution >= 0.6 is 11.6 Å². The Labute approximate surface area is 63.1 Å². The lowest BCUT2D eigenvalue weighted by molar-refractivity contribution is 0.149. The summed E-state index contributed by atoms with van der Waals surface area (Å²) in [6.07, 6.45) is 4.07. The lowest BCUT2D eigenvalue weighted by atomic mass is 10.1. The van der Waals surface area contributed by atoms with Crippen LogP contribution in [0.1, 0.15) is 16.0 Å². The van der Waals surface area contributed by atoms with Crippen molar-refractivity contribution in [1.29, 1.82) is 0 Å². The molecule has 50 valence electrons. The topological polar surface area (TPSA) is 20.2 Å². The van der Waals surface area contributed by atoms with Crippen molar-refractivity contribution in [2.75, 3.05) is 0 Å². The average molecular weight is 149 g/mol. The van der Waals surface area contributed by atoms with Gasteiger partial charge in [0.25, 0.3) is 0 Å². The molecule has 0 aromatic carbocycles. The van der Waals surface area contributed by atoms with E-state index in [1.54, 1.807) is 0 Å². The van der Waals surface area contributed by atoms with Gasteiger partial charge in [0, 0.05) is 8.28 Å². The summed E-state index contributed by atoms with van der Waals surface area (Å²) in [7, 11) is 0. The van der Waals surface area contributed by atoms with Gasteiger partial charge in [-0.1, -0.05) is 24.4 Å². The van der Waals surface area contributed by atoms with Gasteiger partial charge < -0.3 is 5.11 Å². The molecule has 0 bridgehead atoms. The van der Waals surface area contributed by atoms with Gasteiger partial charge in [-0.2, -0.15) is 0 Å². The summed E-state index contributed by atoms with van der Waals surface area (Å²) in [6.45, 7) is 1.18. The van der Waals surface area contributed by atoms with Crippen LogP contribution < -0.4 is 0 Å². The SMILES string of the molecule is [2H]C([2H])(C)C(O)(/C=C/Cl)[13C]#[13CH]. The monoisotopic (exact) mass is 148 g/mol. The molecule has 0 aromatic heterocycles. The standard InChI is InChI=1S/C7H9ClO/c1-3-7(9,4-2)5-6-8/h1,5-6,9H,4H2,2H3/b6-5+/i1+1,3+1,4D2. The highest BCUT2D eigenvalue weighted by molar-refractivity contribution is 6.25. The molecule has 0 spiro atoms. The molecular formula is C7H9ClO.